The van der Waals surface area contributed by atoms with Crippen molar-refractivity contribution in [2.75, 3.05) is 6.54 Å². The number of hydrogen-bond acceptors (Lipinski definition) is 2. The third kappa shape index (κ3) is 3.23. The Bertz CT molecular complexity index is 880. The Labute approximate surface area is 164 Å². The van der Waals surface area contributed by atoms with Crippen LogP contribution < -0.4 is 5.73 Å². The van der Waals surface area contributed by atoms with Gasteiger partial charge < -0.3 is 10.6 Å². The van der Waals surface area contributed by atoms with E-state index in [-0.39, 0.29) is 11.8 Å². The summed E-state index contributed by atoms with van der Waals surface area (Å²) in [6.45, 7) is 2.81. The lowest BCUT2D eigenvalue weighted by molar-refractivity contribution is -0.122. The van der Waals surface area contributed by atoms with Gasteiger partial charge in [0.2, 0.25) is 5.91 Å². The maximum atomic E-state index is 13.4. The maximum Gasteiger partial charge on any atom is 0.255 e. The van der Waals surface area contributed by atoms with E-state index in [4.69, 9.17) is 17.3 Å². The summed E-state index contributed by atoms with van der Waals surface area (Å²) in [7, 11) is 0. The van der Waals surface area contributed by atoms with Crippen LogP contribution in [0.15, 0.2) is 48.5 Å². The summed E-state index contributed by atoms with van der Waals surface area (Å²) in [4.78, 5) is 27.3. The molecule has 5 heteroatoms. The zero-order valence-corrected chi connectivity index (χ0v) is 16.0. The topological polar surface area (TPSA) is 63.4 Å². The van der Waals surface area contributed by atoms with Crippen LogP contribution >= 0.6 is 11.6 Å². The molecule has 2 aromatic carbocycles. The molecule has 1 aliphatic carbocycles. The van der Waals surface area contributed by atoms with Crippen LogP contribution in [0.1, 0.15) is 30.1 Å². The molecule has 2 N–H and O–H groups in total. The fourth-order valence-corrected chi connectivity index (χ4v) is 5.04. The van der Waals surface area contributed by atoms with Gasteiger partial charge in [-0.3, -0.25) is 9.59 Å². The number of likely N-dealkylation sites (tertiary alicyclic amines) is 1. The summed E-state index contributed by atoms with van der Waals surface area (Å²) in [6.07, 6.45) is 2.01. The van der Waals surface area contributed by atoms with Crippen LogP contribution in [0.4, 0.5) is 0 Å². The monoisotopic (exact) mass is 382 g/mol. The number of carbonyl (C=O) groups excluding carboxylic acids is 2. The first-order valence-electron chi connectivity index (χ1n) is 9.41. The number of halogens is 1. The van der Waals surface area contributed by atoms with Crippen molar-refractivity contribution in [3.05, 3.63) is 59.1 Å². The quantitative estimate of drug-likeness (QED) is 0.872. The van der Waals surface area contributed by atoms with E-state index < -0.39 is 11.9 Å². The zero-order chi connectivity index (χ0) is 19.1. The van der Waals surface area contributed by atoms with Crippen molar-refractivity contribution < 1.29 is 9.59 Å². The molecule has 1 heterocycles. The molecule has 27 heavy (non-hydrogen) atoms. The molecule has 4 nitrogen and oxygen atoms in total. The van der Waals surface area contributed by atoms with Crippen LogP contribution in [0.2, 0.25) is 5.02 Å². The SMILES string of the molecule is CC1CC2CN(C(=O)c3ccccc3-c3ccc(Cl)cc3)C(C(N)=O)C2C1. The molecule has 2 aromatic rings. The molecule has 0 radical (unpaired) electrons. The van der Waals surface area contributed by atoms with Gasteiger partial charge in [0.25, 0.3) is 5.91 Å². The van der Waals surface area contributed by atoms with Crippen LogP contribution in [0.3, 0.4) is 0 Å². The van der Waals surface area contributed by atoms with Crippen LogP contribution in [-0.2, 0) is 4.79 Å². The van der Waals surface area contributed by atoms with Crippen molar-refractivity contribution in [3.63, 3.8) is 0 Å². The van der Waals surface area contributed by atoms with Crippen LogP contribution in [-0.4, -0.2) is 29.3 Å². The minimum atomic E-state index is -0.509. The highest BCUT2D eigenvalue weighted by Gasteiger charge is 2.50. The van der Waals surface area contributed by atoms with Gasteiger partial charge in [-0.15, -0.1) is 0 Å². The summed E-state index contributed by atoms with van der Waals surface area (Å²) >= 11 is 6.00. The lowest BCUT2D eigenvalue weighted by Crippen LogP contribution is -2.46. The molecular weight excluding hydrogens is 360 g/mol. The van der Waals surface area contributed by atoms with E-state index in [2.05, 4.69) is 6.92 Å². The second kappa shape index (κ2) is 7.01. The van der Waals surface area contributed by atoms with E-state index in [1.165, 1.54) is 0 Å². The van der Waals surface area contributed by atoms with Gasteiger partial charge in [-0.2, -0.15) is 0 Å². The second-order valence-electron chi connectivity index (χ2n) is 7.86. The fraction of sp³-hybridized carbons (Fsp3) is 0.364. The van der Waals surface area contributed by atoms with Crippen molar-refractivity contribution in [3.8, 4) is 11.1 Å². The number of rotatable bonds is 3. The van der Waals surface area contributed by atoms with Crippen molar-refractivity contribution in [2.45, 2.75) is 25.8 Å². The van der Waals surface area contributed by atoms with E-state index in [1.807, 2.05) is 48.5 Å². The van der Waals surface area contributed by atoms with E-state index in [0.29, 0.717) is 29.0 Å². The highest BCUT2D eigenvalue weighted by Crippen LogP contribution is 2.45. The molecule has 1 saturated carbocycles. The minimum absolute atomic E-state index is 0.119. The van der Waals surface area contributed by atoms with Gasteiger partial charge in [0, 0.05) is 17.1 Å². The summed E-state index contributed by atoms with van der Waals surface area (Å²) in [6, 6.07) is 14.4. The molecule has 4 atom stereocenters. The molecule has 2 amide bonds. The van der Waals surface area contributed by atoms with Crippen LogP contribution in [0, 0.1) is 17.8 Å². The summed E-state index contributed by atoms with van der Waals surface area (Å²) in [5.41, 5.74) is 8.08. The Morgan fingerprint density at radius 2 is 1.78 bits per heavy atom. The smallest absolute Gasteiger partial charge is 0.255 e. The number of amides is 2. The molecule has 4 rings (SSSR count). The average molecular weight is 383 g/mol. The normalized spacial score (nSPS) is 26.8. The molecule has 1 saturated heterocycles. The van der Waals surface area contributed by atoms with Gasteiger partial charge in [-0.25, -0.2) is 0 Å². The zero-order valence-electron chi connectivity index (χ0n) is 15.3. The number of benzene rings is 2. The molecule has 0 aromatic heterocycles. The first kappa shape index (κ1) is 18.1. The summed E-state index contributed by atoms with van der Waals surface area (Å²) in [5, 5.41) is 0.651. The summed E-state index contributed by atoms with van der Waals surface area (Å²) in [5.74, 6) is 0.620. The van der Waals surface area contributed by atoms with Gasteiger partial charge in [0.1, 0.15) is 6.04 Å². The van der Waals surface area contributed by atoms with Gasteiger partial charge in [0.05, 0.1) is 0 Å². The number of nitrogens with zero attached hydrogens (tertiary/aromatic N) is 1. The average Bonchev–Trinajstić information content (AvgIpc) is 3.17. The molecule has 1 aliphatic heterocycles. The van der Waals surface area contributed by atoms with Gasteiger partial charge in [-0.1, -0.05) is 48.9 Å². The van der Waals surface area contributed by atoms with Crippen molar-refractivity contribution in [1.29, 1.82) is 0 Å². The molecule has 2 fully saturated rings. The van der Waals surface area contributed by atoms with Crippen molar-refractivity contribution in [2.24, 2.45) is 23.5 Å². The van der Waals surface area contributed by atoms with Crippen LogP contribution in [0.5, 0.6) is 0 Å². The van der Waals surface area contributed by atoms with E-state index in [0.717, 1.165) is 24.0 Å². The lowest BCUT2D eigenvalue weighted by atomic mass is 9.93. The molecule has 2 aliphatic rings. The van der Waals surface area contributed by atoms with E-state index >= 15 is 0 Å². The molecule has 4 unspecified atom stereocenters. The Hall–Kier alpha value is -2.33. The first-order valence-corrected chi connectivity index (χ1v) is 9.78. The second-order valence-corrected chi connectivity index (χ2v) is 8.29. The van der Waals surface area contributed by atoms with Gasteiger partial charge >= 0.3 is 0 Å². The third-order valence-electron chi connectivity index (χ3n) is 6.02. The minimum Gasteiger partial charge on any atom is -0.368 e. The third-order valence-corrected chi connectivity index (χ3v) is 6.27. The molecular formula is C22H23ClN2O2. The number of fused-ring (bicyclic) bond motifs is 1. The first-order chi connectivity index (χ1) is 13.0. The lowest BCUT2D eigenvalue weighted by Gasteiger charge is -2.27. The Morgan fingerprint density at radius 3 is 2.48 bits per heavy atom. The standard InChI is InChI=1S/C22H23ClN2O2/c1-13-10-15-12-25(20(21(24)26)19(15)11-13)22(27)18-5-3-2-4-17(18)14-6-8-16(23)9-7-14/h2-9,13,15,19-20H,10-12H2,1H3,(H2,24,26). The molecule has 0 bridgehead atoms. The van der Waals surface area contributed by atoms with Crippen molar-refractivity contribution in [1.82, 2.24) is 4.90 Å². The highest BCUT2D eigenvalue weighted by atomic mass is 35.5. The Balaban J connectivity index is 1.69. The summed E-state index contributed by atoms with van der Waals surface area (Å²) < 4.78 is 0. The highest BCUT2D eigenvalue weighted by molar-refractivity contribution is 6.30. The van der Waals surface area contributed by atoms with Gasteiger partial charge in [0.15, 0.2) is 0 Å². The number of nitrogens with two attached hydrogens (primary N) is 1. The Kier molecular flexibility index (Phi) is 4.68. The van der Waals surface area contributed by atoms with Crippen LogP contribution in [0.25, 0.3) is 11.1 Å². The number of carbonyl (C=O) groups is 2. The van der Waals surface area contributed by atoms with Crippen molar-refractivity contribution >= 4 is 23.4 Å². The molecule has 0 spiro atoms. The maximum absolute atomic E-state index is 13.4. The predicted molar refractivity (Wildman–Crippen MR) is 106 cm³/mol. The van der Waals surface area contributed by atoms with E-state index in [9.17, 15) is 9.59 Å². The van der Waals surface area contributed by atoms with Gasteiger partial charge in [-0.05, 0) is 59.9 Å². The number of hydrogen-bond donors (Lipinski definition) is 1. The fourth-order valence-electron chi connectivity index (χ4n) is 4.92. The molecule has 140 valence electrons. The Morgan fingerprint density at radius 1 is 1.07 bits per heavy atom. The predicted octanol–water partition coefficient (Wildman–Crippen LogP) is 3.98. The van der Waals surface area contributed by atoms with E-state index in [1.54, 1.807) is 4.90 Å². The largest absolute Gasteiger partial charge is 0.368 e. The number of primary amides is 1.